The van der Waals surface area contributed by atoms with Crippen molar-refractivity contribution in [3.63, 3.8) is 0 Å². The average molecular weight is 266 g/mol. The van der Waals surface area contributed by atoms with Gasteiger partial charge in [-0.05, 0) is 25.9 Å². The molecule has 0 spiro atoms. The van der Waals surface area contributed by atoms with Gasteiger partial charge < -0.3 is 5.11 Å². The van der Waals surface area contributed by atoms with Crippen molar-refractivity contribution in [2.45, 2.75) is 57.6 Å². The Balaban J connectivity index is 2.17. The van der Waals surface area contributed by atoms with E-state index in [1.54, 1.807) is 11.0 Å². The third-order valence-corrected chi connectivity index (χ3v) is 4.66. The molecule has 0 saturated heterocycles. The molecular formula is C14H26N4O. The van der Waals surface area contributed by atoms with Gasteiger partial charge in [-0.2, -0.15) is 5.10 Å². The van der Waals surface area contributed by atoms with Crippen molar-refractivity contribution in [2.75, 3.05) is 13.1 Å². The quantitative estimate of drug-likeness (QED) is 0.845. The molecule has 2 rings (SSSR count). The van der Waals surface area contributed by atoms with Crippen LogP contribution in [0.4, 0.5) is 0 Å². The molecule has 0 radical (unpaired) electrons. The minimum Gasteiger partial charge on any atom is -0.391 e. The third kappa shape index (κ3) is 2.67. The van der Waals surface area contributed by atoms with Gasteiger partial charge in [0.15, 0.2) is 0 Å². The number of aliphatic hydroxyl groups excluding tert-OH is 1. The summed E-state index contributed by atoms with van der Waals surface area (Å²) < 4.78 is 1.76. The van der Waals surface area contributed by atoms with E-state index in [4.69, 9.17) is 0 Å². The number of nitrogens with zero attached hydrogens (tertiary/aromatic N) is 4. The lowest BCUT2D eigenvalue weighted by Gasteiger charge is -2.44. The van der Waals surface area contributed by atoms with Crippen molar-refractivity contribution >= 4 is 0 Å². The number of aliphatic hydroxyl groups is 1. The van der Waals surface area contributed by atoms with Gasteiger partial charge in [-0.3, -0.25) is 9.58 Å². The molecule has 1 fully saturated rings. The zero-order valence-electron chi connectivity index (χ0n) is 12.3. The molecule has 1 aliphatic rings. The van der Waals surface area contributed by atoms with Crippen LogP contribution in [0.5, 0.6) is 0 Å². The largest absolute Gasteiger partial charge is 0.391 e. The van der Waals surface area contributed by atoms with Crippen molar-refractivity contribution < 1.29 is 5.11 Å². The molecule has 0 aliphatic heterocycles. The highest BCUT2D eigenvalue weighted by Crippen LogP contribution is 2.38. The van der Waals surface area contributed by atoms with E-state index in [0.29, 0.717) is 6.42 Å². The van der Waals surface area contributed by atoms with Crippen LogP contribution in [0.15, 0.2) is 6.33 Å². The number of hydrogen-bond acceptors (Lipinski definition) is 4. The van der Waals surface area contributed by atoms with Crippen LogP contribution < -0.4 is 0 Å². The topological polar surface area (TPSA) is 54.2 Å². The molecule has 19 heavy (non-hydrogen) atoms. The van der Waals surface area contributed by atoms with Gasteiger partial charge >= 0.3 is 0 Å². The lowest BCUT2D eigenvalue weighted by molar-refractivity contribution is -0.0257. The third-order valence-electron chi connectivity index (χ3n) is 4.66. The predicted molar refractivity (Wildman–Crippen MR) is 74.8 cm³/mol. The van der Waals surface area contributed by atoms with Crippen molar-refractivity contribution in [3.8, 4) is 0 Å². The monoisotopic (exact) mass is 266 g/mol. The molecule has 1 aromatic heterocycles. The Hall–Kier alpha value is -0.940. The maximum absolute atomic E-state index is 10.8. The van der Waals surface area contributed by atoms with Crippen LogP contribution >= 0.6 is 0 Å². The first-order valence-electron chi connectivity index (χ1n) is 7.40. The molecule has 0 bridgehead atoms. The SMILES string of the molecule is CCN(CC)C1(C(O)Cc2ncnn2C)CCCC1. The van der Waals surface area contributed by atoms with Gasteiger partial charge in [0.1, 0.15) is 12.2 Å². The molecule has 1 unspecified atom stereocenters. The second-order valence-corrected chi connectivity index (χ2v) is 5.50. The van der Waals surface area contributed by atoms with Gasteiger partial charge in [0, 0.05) is 19.0 Å². The summed E-state index contributed by atoms with van der Waals surface area (Å²) in [5.74, 6) is 0.867. The van der Waals surface area contributed by atoms with Gasteiger partial charge in [0.05, 0.1) is 6.10 Å². The van der Waals surface area contributed by atoms with Crippen molar-refractivity contribution in [3.05, 3.63) is 12.2 Å². The van der Waals surface area contributed by atoms with E-state index in [0.717, 1.165) is 31.8 Å². The summed E-state index contributed by atoms with van der Waals surface area (Å²) in [6, 6.07) is 0. The van der Waals surface area contributed by atoms with Gasteiger partial charge in [-0.25, -0.2) is 4.98 Å². The van der Waals surface area contributed by atoms with Crippen molar-refractivity contribution in [1.82, 2.24) is 19.7 Å². The first-order chi connectivity index (χ1) is 9.14. The van der Waals surface area contributed by atoms with Crippen LogP contribution in [-0.2, 0) is 13.5 Å². The van der Waals surface area contributed by atoms with Gasteiger partial charge in [0.2, 0.25) is 0 Å². The highest BCUT2D eigenvalue weighted by Gasteiger charge is 2.44. The second kappa shape index (κ2) is 6.01. The molecule has 1 N–H and O–H groups in total. The number of aryl methyl sites for hydroxylation is 1. The number of aromatic nitrogens is 3. The minimum atomic E-state index is -0.363. The van der Waals surface area contributed by atoms with E-state index in [-0.39, 0.29) is 11.6 Å². The van der Waals surface area contributed by atoms with E-state index < -0.39 is 0 Å². The Bertz CT molecular complexity index is 394. The number of rotatable bonds is 6. The zero-order valence-corrected chi connectivity index (χ0v) is 12.3. The molecule has 1 aliphatic carbocycles. The van der Waals surface area contributed by atoms with Gasteiger partial charge in [-0.1, -0.05) is 26.7 Å². The van der Waals surface area contributed by atoms with Crippen LogP contribution in [0.1, 0.15) is 45.4 Å². The van der Waals surface area contributed by atoms with Crippen LogP contribution in [-0.4, -0.2) is 49.5 Å². The van der Waals surface area contributed by atoms with Gasteiger partial charge in [-0.15, -0.1) is 0 Å². The minimum absolute atomic E-state index is 0.0601. The molecule has 5 heteroatoms. The van der Waals surface area contributed by atoms with Crippen molar-refractivity contribution in [2.24, 2.45) is 7.05 Å². The summed E-state index contributed by atoms with van der Waals surface area (Å²) >= 11 is 0. The summed E-state index contributed by atoms with van der Waals surface area (Å²) in [7, 11) is 1.88. The Labute approximate surface area is 115 Å². The van der Waals surface area contributed by atoms with E-state index in [1.165, 1.54) is 12.8 Å². The first kappa shape index (κ1) is 14.5. The predicted octanol–water partition coefficient (Wildman–Crippen LogP) is 1.37. The lowest BCUT2D eigenvalue weighted by Crippen LogP contribution is -2.55. The normalized spacial score (nSPS) is 20.1. The maximum atomic E-state index is 10.8. The molecule has 1 saturated carbocycles. The molecule has 1 heterocycles. The number of likely N-dealkylation sites (N-methyl/N-ethyl adjacent to an activating group) is 1. The summed E-state index contributed by atoms with van der Waals surface area (Å²) in [5.41, 5.74) is -0.0601. The fraction of sp³-hybridized carbons (Fsp3) is 0.857. The Kier molecular flexibility index (Phi) is 4.58. The molecular weight excluding hydrogens is 240 g/mol. The van der Waals surface area contributed by atoms with E-state index in [2.05, 4.69) is 28.8 Å². The standard InChI is InChI=1S/C14H26N4O/c1-4-18(5-2)14(8-6-7-9-14)12(19)10-13-15-11-16-17(13)3/h11-12,19H,4-10H2,1-3H3. The van der Waals surface area contributed by atoms with Crippen LogP contribution in [0.2, 0.25) is 0 Å². The Morgan fingerprint density at radius 2 is 2.00 bits per heavy atom. The average Bonchev–Trinajstić information content (AvgIpc) is 3.02. The molecule has 5 nitrogen and oxygen atoms in total. The maximum Gasteiger partial charge on any atom is 0.138 e. The fourth-order valence-electron chi connectivity index (χ4n) is 3.57. The van der Waals surface area contributed by atoms with Crippen LogP contribution in [0.3, 0.4) is 0 Å². The molecule has 1 atom stereocenters. The van der Waals surface area contributed by atoms with E-state index >= 15 is 0 Å². The Morgan fingerprint density at radius 3 is 2.47 bits per heavy atom. The van der Waals surface area contributed by atoms with E-state index in [9.17, 15) is 5.11 Å². The van der Waals surface area contributed by atoms with Gasteiger partial charge in [0.25, 0.3) is 0 Å². The highest BCUT2D eigenvalue weighted by atomic mass is 16.3. The highest BCUT2D eigenvalue weighted by molar-refractivity contribution is 5.03. The van der Waals surface area contributed by atoms with Crippen LogP contribution in [0.25, 0.3) is 0 Å². The molecule has 0 aromatic carbocycles. The summed E-state index contributed by atoms with van der Waals surface area (Å²) in [6.07, 6.45) is 6.39. The summed E-state index contributed by atoms with van der Waals surface area (Å²) in [6.45, 7) is 6.34. The molecule has 1 aromatic rings. The zero-order chi connectivity index (χ0) is 13.9. The first-order valence-corrected chi connectivity index (χ1v) is 7.40. The van der Waals surface area contributed by atoms with E-state index in [1.807, 2.05) is 7.05 Å². The summed E-state index contributed by atoms with van der Waals surface area (Å²) in [4.78, 5) is 6.67. The Morgan fingerprint density at radius 1 is 1.37 bits per heavy atom. The fourth-order valence-corrected chi connectivity index (χ4v) is 3.57. The second-order valence-electron chi connectivity index (χ2n) is 5.50. The summed E-state index contributed by atoms with van der Waals surface area (Å²) in [5, 5.41) is 14.9. The molecule has 108 valence electrons. The lowest BCUT2D eigenvalue weighted by atomic mass is 9.86. The van der Waals surface area contributed by atoms with Crippen LogP contribution in [0, 0.1) is 0 Å². The molecule has 0 amide bonds. The van der Waals surface area contributed by atoms with Crippen molar-refractivity contribution in [1.29, 1.82) is 0 Å². The number of hydrogen-bond donors (Lipinski definition) is 1. The smallest absolute Gasteiger partial charge is 0.138 e.